The van der Waals surface area contributed by atoms with Crippen LogP contribution in [0.1, 0.15) is 41.6 Å². The van der Waals surface area contributed by atoms with E-state index in [-0.39, 0.29) is 17.4 Å². The number of carbonyl (C=O) groups is 1. The van der Waals surface area contributed by atoms with Crippen LogP contribution in [0.3, 0.4) is 0 Å². The second-order valence-electron chi connectivity index (χ2n) is 6.30. The summed E-state index contributed by atoms with van der Waals surface area (Å²) in [4.78, 5) is 18.5. The quantitative estimate of drug-likeness (QED) is 0.847. The lowest BCUT2D eigenvalue weighted by Crippen LogP contribution is -2.31. The molecule has 138 valence electrons. The van der Waals surface area contributed by atoms with Crippen LogP contribution in [0.2, 0.25) is 0 Å². The number of para-hydroxylation sites is 1. The Morgan fingerprint density at radius 1 is 1.04 bits per heavy atom. The number of hydrogen-bond acceptors (Lipinski definition) is 3. The molecule has 0 radical (unpaired) electrons. The normalized spacial score (nSPS) is 15.4. The van der Waals surface area contributed by atoms with Gasteiger partial charge in [-0.05, 0) is 37.1 Å². The van der Waals surface area contributed by atoms with Gasteiger partial charge in [0.05, 0.1) is 11.3 Å². The van der Waals surface area contributed by atoms with Crippen LogP contribution in [0.5, 0.6) is 0 Å². The van der Waals surface area contributed by atoms with Gasteiger partial charge in [-0.25, -0.2) is 4.98 Å². The minimum absolute atomic E-state index is 0.0909. The molecule has 2 aromatic rings. The third-order valence-electron chi connectivity index (χ3n) is 4.40. The second kappa shape index (κ2) is 7.76. The Balaban J connectivity index is 1.81. The molecule has 1 aromatic carbocycles. The summed E-state index contributed by atoms with van der Waals surface area (Å²) in [5.41, 5.74) is -0.438. The van der Waals surface area contributed by atoms with Gasteiger partial charge >= 0.3 is 6.18 Å². The first-order valence-electron chi connectivity index (χ1n) is 8.64. The minimum Gasteiger partial charge on any atom is -0.340 e. The number of hydrogen-bond donors (Lipinski definition) is 1. The van der Waals surface area contributed by atoms with Gasteiger partial charge in [0, 0.05) is 24.8 Å². The van der Waals surface area contributed by atoms with Gasteiger partial charge in [0.2, 0.25) is 0 Å². The number of alkyl halides is 3. The molecule has 2 heterocycles. The van der Waals surface area contributed by atoms with Crippen molar-refractivity contribution in [3.63, 3.8) is 0 Å². The first-order chi connectivity index (χ1) is 12.4. The maximum atomic E-state index is 13.1. The van der Waals surface area contributed by atoms with Crippen LogP contribution >= 0.6 is 0 Å². The summed E-state index contributed by atoms with van der Waals surface area (Å²) in [7, 11) is 0. The van der Waals surface area contributed by atoms with E-state index in [0.29, 0.717) is 18.7 Å². The highest BCUT2D eigenvalue weighted by Gasteiger charge is 2.33. The summed E-state index contributed by atoms with van der Waals surface area (Å²) >= 11 is 0. The molecule has 1 aliphatic rings. The monoisotopic (exact) mass is 363 g/mol. The highest BCUT2D eigenvalue weighted by molar-refractivity contribution is 5.95. The average molecular weight is 363 g/mol. The highest BCUT2D eigenvalue weighted by atomic mass is 19.4. The molecule has 3 rings (SSSR count). The average Bonchev–Trinajstić information content (AvgIpc) is 2.90. The van der Waals surface area contributed by atoms with Crippen LogP contribution in [-0.4, -0.2) is 28.9 Å². The van der Waals surface area contributed by atoms with E-state index in [0.717, 1.165) is 31.7 Å². The van der Waals surface area contributed by atoms with Crippen molar-refractivity contribution in [3.8, 4) is 0 Å². The molecule has 0 spiro atoms. The summed E-state index contributed by atoms with van der Waals surface area (Å²) in [5, 5.41) is 2.69. The number of anilines is 2. The molecule has 0 bridgehead atoms. The number of nitrogens with zero attached hydrogens (tertiary/aromatic N) is 2. The zero-order valence-corrected chi connectivity index (χ0v) is 14.2. The van der Waals surface area contributed by atoms with E-state index in [4.69, 9.17) is 0 Å². The lowest BCUT2D eigenvalue weighted by atomic mass is 10.1. The summed E-state index contributed by atoms with van der Waals surface area (Å²) in [5.74, 6) is 0.101. The Morgan fingerprint density at radius 2 is 1.73 bits per heavy atom. The molecule has 0 unspecified atom stereocenters. The van der Waals surface area contributed by atoms with Gasteiger partial charge in [0.1, 0.15) is 5.82 Å². The number of pyridine rings is 1. The molecule has 0 saturated carbocycles. The largest absolute Gasteiger partial charge is 0.418 e. The third kappa shape index (κ3) is 4.33. The van der Waals surface area contributed by atoms with Gasteiger partial charge in [0.25, 0.3) is 5.91 Å². The Morgan fingerprint density at radius 3 is 2.42 bits per heavy atom. The fourth-order valence-electron chi connectivity index (χ4n) is 3.07. The van der Waals surface area contributed by atoms with Crippen LogP contribution in [0.15, 0.2) is 42.6 Å². The fraction of sp³-hybridized carbons (Fsp3) is 0.368. The van der Waals surface area contributed by atoms with E-state index in [1.165, 1.54) is 30.5 Å². The maximum Gasteiger partial charge on any atom is 0.418 e. The molecular weight excluding hydrogens is 343 g/mol. The predicted molar refractivity (Wildman–Crippen MR) is 93.3 cm³/mol. The predicted octanol–water partition coefficient (Wildman–Crippen LogP) is 4.86. The smallest absolute Gasteiger partial charge is 0.340 e. The molecule has 0 aliphatic carbocycles. The Labute approximate surface area is 150 Å². The lowest BCUT2D eigenvalue weighted by Gasteiger charge is -2.20. The second-order valence-corrected chi connectivity index (χ2v) is 6.30. The molecule has 1 amide bonds. The van der Waals surface area contributed by atoms with Crippen LogP contribution in [0.25, 0.3) is 0 Å². The number of nitrogens with one attached hydrogen (secondary N) is 1. The molecule has 1 aliphatic heterocycles. The molecule has 4 nitrogen and oxygen atoms in total. The molecule has 7 heteroatoms. The lowest BCUT2D eigenvalue weighted by molar-refractivity contribution is -0.136. The standard InChI is InChI=1S/C19H20F3N3O/c20-19(21,22)15-7-3-4-8-16(15)24-17-13-14(9-10-23-17)18(26)25-11-5-1-2-6-12-25/h3-4,7-10,13H,1-2,5-6,11-12H2,(H,23,24). The molecule has 1 aromatic heterocycles. The van der Waals surface area contributed by atoms with Gasteiger partial charge in [-0.2, -0.15) is 13.2 Å². The maximum absolute atomic E-state index is 13.1. The van der Waals surface area contributed by atoms with Crippen molar-refractivity contribution in [2.24, 2.45) is 0 Å². The number of likely N-dealkylation sites (tertiary alicyclic amines) is 1. The number of halogens is 3. The zero-order chi connectivity index (χ0) is 18.6. The van der Waals surface area contributed by atoms with Crippen molar-refractivity contribution in [2.45, 2.75) is 31.9 Å². The van der Waals surface area contributed by atoms with Gasteiger partial charge in [0.15, 0.2) is 0 Å². The van der Waals surface area contributed by atoms with E-state index in [2.05, 4.69) is 10.3 Å². The topological polar surface area (TPSA) is 45.2 Å². The summed E-state index contributed by atoms with van der Waals surface area (Å²) in [6.45, 7) is 1.42. The molecular formula is C19H20F3N3O. The fourth-order valence-corrected chi connectivity index (χ4v) is 3.07. The van der Waals surface area contributed by atoms with Gasteiger partial charge in [-0.1, -0.05) is 25.0 Å². The van der Waals surface area contributed by atoms with E-state index < -0.39 is 11.7 Å². The Hall–Kier alpha value is -2.57. The summed E-state index contributed by atoms with van der Waals surface area (Å²) < 4.78 is 39.4. The number of benzene rings is 1. The summed E-state index contributed by atoms with van der Waals surface area (Å²) in [6, 6.07) is 8.29. The van der Waals surface area contributed by atoms with Crippen molar-refractivity contribution < 1.29 is 18.0 Å². The highest BCUT2D eigenvalue weighted by Crippen LogP contribution is 2.35. The Bertz CT molecular complexity index is 769. The number of aromatic nitrogens is 1. The number of amides is 1. The van der Waals surface area contributed by atoms with Gasteiger partial charge < -0.3 is 10.2 Å². The van der Waals surface area contributed by atoms with Crippen LogP contribution < -0.4 is 5.32 Å². The van der Waals surface area contributed by atoms with Gasteiger partial charge in [-0.3, -0.25) is 4.79 Å². The summed E-state index contributed by atoms with van der Waals surface area (Å²) in [6.07, 6.45) is 1.14. The third-order valence-corrected chi connectivity index (χ3v) is 4.40. The van der Waals surface area contributed by atoms with Crippen molar-refractivity contribution in [1.82, 2.24) is 9.88 Å². The SMILES string of the molecule is O=C(c1ccnc(Nc2ccccc2C(F)(F)F)c1)N1CCCCCC1. The van der Waals surface area contributed by atoms with E-state index in [1.807, 2.05) is 0 Å². The Kier molecular flexibility index (Phi) is 5.44. The first kappa shape index (κ1) is 18.2. The molecule has 0 atom stereocenters. The van der Waals surface area contributed by atoms with Crippen molar-refractivity contribution in [1.29, 1.82) is 0 Å². The first-order valence-corrected chi connectivity index (χ1v) is 8.64. The molecule has 1 saturated heterocycles. The minimum atomic E-state index is -4.47. The number of carbonyl (C=O) groups excluding carboxylic acids is 1. The van der Waals surface area contributed by atoms with Gasteiger partial charge in [-0.15, -0.1) is 0 Å². The number of rotatable bonds is 3. The van der Waals surface area contributed by atoms with Crippen molar-refractivity contribution in [3.05, 3.63) is 53.7 Å². The van der Waals surface area contributed by atoms with Crippen molar-refractivity contribution in [2.75, 3.05) is 18.4 Å². The van der Waals surface area contributed by atoms with E-state index in [9.17, 15) is 18.0 Å². The van der Waals surface area contributed by atoms with E-state index >= 15 is 0 Å². The van der Waals surface area contributed by atoms with E-state index in [1.54, 1.807) is 11.0 Å². The zero-order valence-electron chi connectivity index (χ0n) is 14.2. The molecule has 1 N–H and O–H groups in total. The van der Waals surface area contributed by atoms with Crippen LogP contribution in [0.4, 0.5) is 24.7 Å². The molecule has 26 heavy (non-hydrogen) atoms. The molecule has 1 fully saturated rings. The van der Waals surface area contributed by atoms with Crippen LogP contribution in [-0.2, 0) is 6.18 Å². The van der Waals surface area contributed by atoms with Crippen molar-refractivity contribution >= 4 is 17.4 Å². The van der Waals surface area contributed by atoms with Crippen LogP contribution in [0, 0.1) is 0 Å².